The molecule has 0 fully saturated rings. The number of likely N-dealkylation sites (N-methyl/N-ethyl adjacent to an activating group) is 1. The minimum Gasteiger partial charge on any atom is -0.425 e. The lowest BCUT2D eigenvalue weighted by Gasteiger charge is -2.32. The molecule has 0 amide bonds. The van der Waals surface area contributed by atoms with Gasteiger partial charge in [-0.1, -0.05) is 32.0 Å². The number of hydrogen-bond acceptors (Lipinski definition) is 8. The van der Waals surface area contributed by atoms with Crippen molar-refractivity contribution in [1.29, 1.82) is 5.26 Å². The molecule has 0 spiro atoms. The molecule has 0 saturated heterocycles. The summed E-state index contributed by atoms with van der Waals surface area (Å²) in [7, 11) is 0. The highest BCUT2D eigenvalue weighted by Crippen LogP contribution is 2.41. The Morgan fingerprint density at radius 1 is 1.15 bits per heavy atom. The maximum Gasteiger partial charge on any atom is 0.328 e. The summed E-state index contributed by atoms with van der Waals surface area (Å²) in [6, 6.07) is 15.7. The average Bonchev–Trinajstić information content (AvgIpc) is 3.72. The molecule has 0 saturated carbocycles. The van der Waals surface area contributed by atoms with Gasteiger partial charge in [0, 0.05) is 33.6 Å². The third kappa shape index (κ3) is 7.49. The molecule has 2 heterocycles. The van der Waals surface area contributed by atoms with Crippen molar-refractivity contribution >= 4 is 17.3 Å². The van der Waals surface area contributed by atoms with Gasteiger partial charge in [0.1, 0.15) is 35.6 Å². The van der Waals surface area contributed by atoms with Crippen LogP contribution in [0.25, 0.3) is 11.3 Å². The van der Waals surface area contributed by atoms with E-state index in [1.807, 2.05) is 42.9 Å². The average molecular weight is 672 g/mol. The number of nitriles is 1. The predicted molar refractivity (Wildman–Crippen MR) is 177 cm³/mol. The van der Waals surface area contributed by atoms with E-state index in [1.54, 1.807) is 50.8 Å². The molecule has 5 aromatic rings. The van der Waals surface area contributed by atoms with Crippen LogP contribution in [0, 0.1) is 36.8 Å². The van der Waals surface area contributed by atoms with Gasteiger partial charge in [0.15, 0.2) is 0 Å². The summed E-state index contributed by atoms with van der Waals surface area (Å²) in [6.45, 7) is 10.1. The van der Waals surface area contributed by atoms with E-state index in [2.05, 4.69) is 16.5 Å². The van der Waals surface area contributed by atoms with Crippen molar-refractivity contribution in [2.24, 2.45) is 0 Å². The molecule has 2 N–H and O–H groups in total. The summed E-state index contributed by atoms with van der Waals surface area (Å²) < 4.78 is 38.3. The lowest BCUT2D eigenvalue weighted by molar-refractivity contribution is -0.689. The Hall–Kier alpha value is -4.83. The van der Waals surface area contributed by atoms with Gasteiger partial charge in [-0.25, -0.2) is 23.1 Å². The molecular formula is C36H37F2N6O3S+. The van der Waals surface area contributed by atoms with Crippen LogP contribution >= 0.6 is 11.3 Å². The molecule has 248 valence electrons. The van der Waals surface area contributed by atoms with Crippen molar-refractivity contribution in [1.82, 2.24) is 20.1 Å². The highest BCUT2D eigenvalue weighted by Gasteiger charge is 2.43. The van der Waals surface area contributed by atoms with Crippen LogP contribution in [0.4, 0.5) is 8.78 Å². The van der Waals surface area contributed by atoms with Gasteiger partial charge < -0.3 is 15.2 Å². The van der Waals surface area contributed by atoms with Gasteiger partial charge in [0.05, 0.1) is 28.9 Å². The van der Waals surface area contributed by atoms with Crippen molar-refractivity contribution in [3.05, 3.63) is 117 Å². The molecule has 48 heavy (non-hydrogen) atoms. The second-order valence-corrected chi connectivity index (χ2v) is 12.8. The topological polar surface area (TPSA) is 117 Å². The van der Waals surface area contributed by atoms with Gasteiger partial charge in [-0.05, 0) is 74.3 Å². The number of carbonyl (C=O) groups excluding carboxylic acids is 1. The van der Waals surface area contributed by atoms with Crippen molar-refractivity contribution in [2.75, 3.05) is 6.54 Å². The minimum absolute atomic E-state index is 0.0755. The van der Waals surface area contributed by atoms with Gasteiger partial charge in [-0.15, -0.1) is 16.0 Å². The van der Waals surface area contributed by atoms with Crippen LogP contribution in [0.3, 0.4) is 0 Å². The third-order valence-electron chi connectivity index (χ3n) is 8.30. The van der Waals surface area contributed by atoms with E-state index in [-0.39, 0.29) is 18.1 Å². The fourth-order valence-electron chi connectivity index (χ4n) is 5.69. The minimum atomic E-state index is -1.86. The first kappa shape index (κ1) is 34.5. The smallest absolute Gasteiger partial charge is 0.328 e. The standard InChI is InChI=1S/C36H37F2N6O3S/c1-6-40-25(5)35(45)47-33-22(2)13-27(14-23(33)3)17-43-20-41-44(21-43)19-36(46,30-12-11-29(37)15-31(30)38)24(4)34-42-32(18-48-34)28-9-7-26(16-39)8-10-28/h7-15,18,20-21,24-25,40,46H,6,17,19H2,1-5H3/q+1/t24-,25?,36+/m0/s1. The molecule has 0 radical (unpaired) electrons. The predicted octanol–water partition coefficient (Wildman–Crippen LogP) is 5.70. The quantitative estimate of drug-likeness (QED) is 0.0993. The van der Waals surface area contributed by atoms with Crippen LogP contribution in [0.2, 0.25) is 0 Å². The number of esters is 1. The van der Waals surface area contributed by atoms with Gasteiger partial charge in [-0.3, -0.25) is 0 Å². The van der Waals surface area contributed by atoms with Crippen molar-refractivity contribution < 1.29 is 28.0 Å². The molecule has 3 aromatic carbocycles. The maximum atomic E-state index is 15.3. The molecule has 1 unspecified atom stereocenters. The lowest BCUT2D eigenvalue weighted by Crippen LogP contribution is -2.39. The molecule has 0 aliphatic rings. The summed E-state index contributed by atoms with van der Waals surface area (Å²) >= 11 is 1.32. The van der Waals surface area contributed by atoms with E-state index in [9.17, 15) is 14.3 Å². The molecule has 2 aromatic heterocycles. The van der Waals surface area contributed by atoms with Gasteiger partial charge in [0.2, 0.25) is 6.33 Å². The highest BCUT2D eigenvalue weighted by atomic mass is 32.1. The van der Waals surface area contributed by atoms with Crippen molar-refractivity contribution in [3.8, 4) is 23.1 Å². The molecule has 0 aliphatic heterocycles. The van der Waals surface area contributed by atoms with E-state index in [0.717, 1.165) is 34.4 Å². The number of thiazole rings is 1. The number of nitrogens with zero attached hydrogens (tertiary/aromatic N) is 5. The van der Waals surface area contributed by atoms with E-state index < -0.39 is 29.2 Å². The Morgan fingerprint density at radius 3 is 2.50 bits per heavy atom. The van der Waals surface area contributed by atoms with E-state index >= 15 is 4.39 Å². The summed E-state index contributed by atoms with van der Waals surface area (Å²) in [5.41, 5.74) is 2.62. The highest BCUT2D eigenvalue weighted by molar-refractivity contribution is 7.10. The first-order valence-corrected chi connectivity index (χ1v) is 16.4. The number of rotatable bonds is 12. The Bertz CT molecular complexity index is 1950. The molecule has 5 rings (SSSR count). The lowest BCUT2D eigenvalue weighted by atomic mass is 9.82. The molecular weight excluding hydrogens is 634 g/mol. The molecule has 9 nitrogen and oxygen atoms in total. The zero-order valence-corrected chi connectivity index (χ0v) is 28.2. The van der Waals surface area contributed by atoms with Crippen molar-refractivity contribution in [3.63, 3.8) is 0 Å². The van der Waals surface area contributed by atoms with Crippen LogP contribution < -0.4 is 14.6 Å². The SMILES string of the molecule is CCNC(C)C(=O)Oc1c(C)cc(C[n+]2cnn(C[C@](O)(c3ccc(F)cc3F)[C@@H](C)c3nc(-c4ccc(C#N)cc4)cs3)c2)cc1C. The van der Waals surface area contributed by atoms with E-state index in [4.69, 9.17) is 15.0 Å². The largest absolute Gasteiger partial charge is 0.425 e. The molecule has 12 heteroatoms. The zero-order valence-electron chi connectivity index (χ0n) is 27.4. The Kier molecular flexibility index (Phi) is 10.4. The summed E-state index contributed by atoms with van der Waals surface area (Å²) in [4.78, 5) is 17.2. The van der Waals surface area contributed by atoms with Crippen LogP contribution in [-0.4, -0.2) is 38.4 Å². The Balaban J connectivity index is 1.40. The summed E-state index contributed by atoms with van der Waals surface area (Å²) in [5, 5.41) is 31.3. The Morgan fingerprint density at radius 2 is 1.85 bits per heavy atom. The fraction of sp³-hybridized carbons (Fsp3) is 0.306. The van der Waals surface area contributed by atoms with Gasteiger partial charge in [-0.2, -0.15) is 5.26 Å². The van der Waals surface area contributed by atoms with Gasteiger partial charge in [0.25, 0.3) is 6.33 Å². The Labute approximate surface area is 282 Å². The molecule has 0 aliphatic carbocycles. The van der Waals surface area contributed by atoms with E-state index in [1.165, 1.54) is 22.1 Å². The monoisotopic (exact) mass is 671 g/mol. The van der Waals surface area contributed by atoms with Crippen LogP contribution in [-0.2, 0) is 23.5 Å². The molecule has 0 bridgehead atoms. The number of aliphatic hydroxyl groups is 1. The van der Waals surface area contributed by atoms with Crippen molar-refractivity contribution in [2.45, 2.75) is 65.3 Å². The number of aromatic nitrogens is 4. The normalized spacial score (nSPS) is 13.8. The van der Waals surface area contributed by atoms with E-state index in [0.29, 0.717) is 35.1 Å². The number of carbonyl (C=O) groups is 1. The second-order valence-electron chi connectivity index (χ2n) is 11.9. The first-order valence-electron chi connectivity index (χ1n) is 15.5. The number of halogens is 2. The number of aryl methyl sites for hydroxylation is 2. The summed E-state index contributed by atoms with van der Waals surface area (Å²) in [5.74, 6) is -2.17. The van der Waals surface area contributed by atoms with Crippen LogP contribution in [0.15, 0.2) is 72.6 Å². The van der Waals surface area contributed by atoms with Crippen LogP contribution in [0.5, 0.6) is 5.75 Å². The fourth-order valence-corrected chi connectivity index (χ4v) is 6.66. The van der Waals surface area contributed by atoms with Crippen LogP contribution in [0.1, 0.15) is 59.5 Å². The number of nitrogens with one attached hydrogen (secondary N) is 1. The second kappa shape index (κ2) is 14.5. The molecule has 3 atom stereocenters. The first-order chi connectivity index (χ1) is 22.9. The number of benzene rings is 3. The number of hydrogen-bond donors (Lipinski definition) is 2. The third-order valence-corrected chi connectivity index (χ3v) is 9.33. The number of ether oxygens (including phenoxy) is 1. The maximum absolute atomic E-state index is 15.3. The van der Waals surface area contributed by atoms with Gasteiger partial charge >= 0.3 is 5.97 Å². The zero-order chi connectivity index (χ0) is 34.6. The summed E-state index contributed by atoms with van der Waals surface area (Å²) in [6.07, 6.45) is 3.31.